The van der Waals surface area contributed by atoms with Crippen molar-refractivity contribution in [2.75, 3.05) is 79.3 Å². The quantitative estimate of drug-likeness (QED) is 0.101. The van der Waals surface area contributed by atoms with E-state index in [0.717, 1.165) is 114 Å². The molecule has 0 radical (unpaired) electrons. The minimum atomic E-state index is -10.7. The molecular formula is C82H74F6N5O10PSn. The average molecular weight is 1550 g/mol. The van der Waals surface area contributed by atoms with Gasteiger partial charge in [0.1, 0.15) is 37.8 Å². The van der Waals surface area contributed by atoms with E-state index >= 15 is 0 Å². The van der Waals surface area contributed by atoms with Gasteiger partial charge in [-0.15, -0.1) is 22.1 Å². The molecule has 23 heteroatoms. The number of nitrogens with zero attached hydrogens (tertiary/aromatic N) is 4. The molecule has 0 aliphatic carbocycles. The zero-order chi connectivity index (χ0) is 72.6. The molecule has 538 valence electrons. The van der Waals surface area contributed by atoms with E-state index in [1.807, 2.05) is 97.1 Å². The van der Waals surface area contributed by atoms with Crippen LogP contribution in [0.1, 0.15) is 33.9 Å². The predicted molar refractivity (Wildman–Crippen MR) is 399 cm³/mol. The maximum atomic E-state index is 9.87. The van der Waals surface area contributed by atoms with Gasteiger partial charge in [0, 0.05) is 11.1 Å². The number of hydrogen-bond acceptors (Lipinski definition) is 12. The molecule has 0 saturated heterocycles. The van der Waals surface area contributed by atoms with E-state index in [9.17, 15) is 25.2 Å². The zero-order valence-electron chi connectivity index (χ0n) is 57.0. The summed E-state index contributed by atoms with van der Waals surface area (Å²) in [5.41, 5.74) is 17.5. The van der Waals surface area contributed by atoms with Crippen LogP contribution in [0.2, 0.25) is 0 Å². The first-order chi connectivity index (χ1) is 51.0. The van der Waals surface area contributed by atoms with Gasteiger partial charge in [-0.3, -0.25) is 0 Å². The van der Waals surface area contributed by atoms with Crippen molar-refractivity contribution in [1.82, 2.24) is 19.9 Å². The van der Waals surface area contributed by atoms with Gasteiger partial charge >= 0.3 is 227 Å². The monoisotopic (exact) mass is 1550 g/mol. The maximum absolute atomic E-state index is 10.7. The molecule has 0 saturated carbocycles. The van der Waals surface area contributed by atoms with Crippen LogP contribution >= 0.6 is 7.81 Å². The van der Waals surface area contributed by atoms with Crippen LogP contribution in [-0.2, 0) is 32.0 Å². The van der Waals surface area contributed by atoms with Crippen LogP contribution in [0, 0.1) is 0 Å². The third-order valence-corrected chi connectivity index (χ3v) is 17.9. The molecule has 11 aromatic rings. The summed E-state index contributed by atoms with van der Waals surface area (Å²) >= 11 is -1.64. The normalized spacial score (nSPS) is 15.0. The SMILES string of the molecule is C1=Cc2nc1c(-c1ccccc1)c1ccc([n-]1)c(-c1ccccc1)c1nc(c(-c3ccccc3)c3ccc([n-]3)c2-c2ccccc2)C=C1.F[P-](F)(F)(F)(F)F.c1cc2cc(c1)[O][Sn+2][O]c1cccc(c1)OCCOCCOCCOc1ccc(cc1)C[NH2+]Cc1ccc(cc1)OCCOCCOCCO2. The first-order valence-electron chi connectivity index (χ1n) is 34.0. The van der Waals surface area contributed by atoms with Crippen molar-refractivity contribution >= 4 is 76.1 Å². The van der Waals surface area contributed by atoms with Gasteiger partial charge in [-0.1, -0.05) is 146 Å². The zero-order valence-corrected chi connectivity index (χ0v) is 60.7. The van der Waals surface area contributed by atoms with Gasteiger partial charge in [-0.2, -0.15) is 0 Å². The number of aromatic nitrogens is 4. The summed E-state index contributed by atoms with van der Waals surface area (Å²) in [6, 6.07) is 81.4. The molecule has 8 heterocycles. The van der Waals surface area contributed by atoms with E-state index in [0.29, 0.717) is 102 Å². The molecule has 5 aliphatic heterocycles. The van der Waals surface area contributed by atoms with E-state index in [4.69, 9.17) is 64.0 Å². The third kappa shape index (κ3) is 23.4. The predicted octanol–water partition coefficient (Wildman–Crippen LogP) is 18.2. The van der Waals surface area contributed by atoms with Crippen LogP contribution in [0.15, 0.2) is 243 Å². The molecule has 5 aliphatic rings. The Hall–Kier alpha value is -10.2. The molecular weight excluding hydrogens is 1480 g/mol. The Bertz CT molecular complexity index is 4400. The fourth-order valence-corrected chi connectivity index (χ4v) is 12.8. The summed E-state index contributed by atoms with van der Waals surface area (Å²) < 4.78 is 117. The Morgan fingerprint density at radius 2 is 0.562 bits per heavy atom. The summed E-state index contributed by atoms with van der Waals surface area (Å²) in [4.78, 5) is 21.2. The Labute approximate surface area is 614 Å². The number of fused-ring (bicyclic) bond motifs is 10. The number of ether oxygens (including phenoxy) is 8. The van der Waals surface area contributed by atoms with Gasteiger partial charge in [0.15, 0.2) is 0 Å². The number of halogens is 6. The molecule has 0 fully saturated rings. The van der Waals surface area contributed by atoms with Crippen LogP contribution in [0.4, 0.5) is 25.2 Å². The molecule has 0 atom stereocenters. The first-order valence-corrected chi connectivity index (χ1v) is 38.4. The van der Waals surface area contributed by atoms with Crippen LogP contribution in [-0.4, -0.2) is 111 Å². The van der Waals surface area contributed by atoms with Crippen molar-refractivity contribution in [2.45, 2.75) is 13.1 Å². The number of rotatable bonds is 4. The molecule has 0 amide bonds. The Kier molecular flexibility index (Phi) is 25.2. The second-order valence-electron chi connectivity index (χ2n) is 23.9. The van der Waals surface area contributed by atoms with E-state index in [1.165, 1.54) is 11.1 Å². The summed E-state index contributed by atoms with van der Waals surface area (Å²) in [6.45, 7) is 7.38. The fraction of sp³-hybridized carbons (Fsp3) is 0.171. The molecule has 0 spiro atoms. The van der Waals surface area contributed by atoms with Crippen molar-refractivity contribution in [3.63, 3.8) is 0 Å². The van der Waals surface area contributed by atoms with Gasteiger partial charge in [0.05, 0.1) is 22.8 Å². The molecule has 105 heavy (non-hydrogen) atoms. The molecule has 3 aromatic heterocycles. The van der Waals surface area contributed by atoms with Crippen molar-refractivity contribution < 1.29 is 74.5 Å². The van der Waals surface area contributed by atoms with Crippen LogP contribution < -0.4 is 40.4 Å². The standard InChI is InChI=1S/C44H28N4.C38H47NO10.F6P.Sn/c1-5-13-29(14-6-1)41-33-21-23-35(45-33)42(30-15-7-2-8-16-30)37-25-27-39(47-37)44(32-19-11-4-12-20-32)40-28-26-38(48-40)43(31-17-9-3-10-18-31)36-24-22-34(41)46-36;40-33-3-1-5-37(27-33)48-25-21-44-17-15-42-19-23-46-35-11-7-31(8-12-35)29-39-30-32-9-13-36(14-10-32)47-24-20-43-16-18-45-22-26-49-38-6-2-4-34(41)28-38;1-7(2,3,4,5)6;/h1-28H;1-14,27-28,39-41H,15-26,29-30H2;;/q-2;;-1;+4/p-1. The van der Waals surface area contributed by atoms with Gasteiger partial charge in [-0.25, -0.2) is 9.97 Å². The second kappa shape index (κ2) is 35.5. The summed E-state index contributed by atoms with van der Waals surface area (Å²) in [5, 5.41) is 2.27. The van der Waals surface area contributed by atoms with Crippen molar-refractivity contribution in [3.05, 3.63) is 277 Å². The second-order valence-corrected chi connectivity index (χ2v) is 27.4. The van der Waals surface area contributed by atoms with Crippen molar-refractivity contribution in [2.24, 2.45) is 0 Å². The summed E-state index contributed by atoms with van der Waals surface area (Å²) in [5.74, 6) is 4.50. The molecule has 15 nitrogen and oxygen atoms in total. The first kappa shape index (κ1) is 74.5. The Balaban J connectivity index is 0.000000181. The summed E-state index contributed by atoms with van der Waals surface area (Å²) in [6.07, 6.45) is 8.41. The molecule has 2 N–H and O–H groups in total. The molecule has 16 rings (SSSR count). The molecule has 0 unspecified atom stereocenters. The molecule has 16 bridgehead atoms. The van der Waals surface area contributed by atoms with Gasteiger partial charge in [0.2, 0.25) is 0 Å². The topological polar surface area (TPSA) is 163 Å². The molecule has 8 aromatic carbocycles. The summed E-state index contributed by atoms with van der Waals surface area (Å²) in [7, 11) is -10.7. The van der Waals surface area contributed by atoms with Gasteiger partial charge in [-0.05, 0) is 117 Å². The number of hydrogen-bond donors (Lipinski definition) is 1. The van der Waals surface area contributed by atoms with E-state index < -0.39 is 29.8 Å². The minimum absolute atomic E-state index is 0.422. The fourth-order valence-electron chi connectivity index (χ4n) is 11.4. The van der Waals surface area contributed by atoms with Crippen LogP contribution in [0.5, 0.6) is 34.5 Å². The number of benzene rings is 8. The Morgan fingerprint density at radius 1 is 0.295 bits per heavy atom. The average Bonchev–Trinajstić information content (AvgIpc) is 1.77. The van der Waals surface area contributed by atoms with Crippen molar-refractivity contribution in [1.29, 1.82) is 0 Å². The van der Waals surface area contributed by atoms with E-state index in [1.54, 1.807) is 0 Å². The van der Waals surface area contributed by atoms with Gasteiger partial charge < -0.3 is 24.8 Å². The number of quaternary nitrogens is 1. The van der Waals surface area contributed by atoms with E-state index in [2.05, 4.69) is 175 Å². The number of nitrogens with two attached hydrogens (primary N) is 1. The third-order valence-electron chi connectivity index (χ3n) is 16.1. The van der Waals surface area contributed by atoms with E-state index in [-0.39, 0.29) is 0 Å². The van der Waals surface area contributed by atoms with Crippen molar-refractivity contribution in [3.8, 4) is 79.0 Å². The van der Waals surface area contributed by atoms with Crippen LogP contribution in [0.3, 0.4) is 0 Å². The van der Waals surface area contributed by atoms with Gasteiger partial charge in [0.25, 0.3) is 0 Å². The Morgan fingerprint density at radius 3 is 0.857 bits per heavy atom. The van der Waals surface area contributed by atoms with Crippen LogP contribution in [0.25, 0.3) is 90.9 Å².